The molecule has 166 valence electrons. The molecule has 0 saturated carbocycles. The molecule has 2 aromatic carbocycles. The third-order valence-electron chi connectivity index (χ3n) is 5.35. The minimum absolute atomic E-state index is 0.0493. The summed E-state index contributed by atoms with van der Waals surface area (Å²) >= 11 is 2.89. The average Bonchev–Trinajstić information content (AvgIpc) is 3.09. The standard InChI is InChI=1S/C25H27N3O2S2/c1-14-6-7-17(4)20(11-14)26-22(29)13-31-25-27-21-12-18(5)32-23(21)24(30)28(25)19-9-15(2)8-16(3)10-19/h6-11,18H,12-13H2,1-5H3,(H,26,29). The first-order valence-corrected chi connectivity index (χ1v) is 12.5. The molecule has 3 aromatic rings. The van der Waals surface area contributed by atoms with Crippen LogP contribution in [0.2, 0.25) is 0 Å². The number of aryl methyl sites for hydroxylation is 4. The number of nitrogens with zero attached hydrogens (tertiary/aromatic N) is 2. The summed E-state index contributed by atoms with van der Waals surface area (Å²) < 4.78 is 1.67. The van der Waals surface area contributed by atoms with Crippen LogP contribution in [0.3, 0.4) is 0 Å². The zero-order valence-electron chi connectivity index (χ0n) is 19.0. The van der Waals surface area contributed by atoms with Crippen LogP contribution in [0.15, 0.2) is 51.2 Å². The molecule has 2 heterocycles. The van der Waals surface area contributed by atoms with Crippen molar-refractivity contribution in [2.24, 2.45) is 0 Å². The van der Waals surface area contributed by atoms with Gasteiger partial charge in [-0.15, -0.1) is 11.8 Å². The Labute approximate surface area is 197 Å². The summed E-state index contributed by atoms with van der Waals surface area (Å²) in [4.78, 5) is 31.7. The van der Waals surface area contributed by atoms with Crippen LogP contribution in [0.1, 0.15) is 34.9 Å². The third kappa shape index (κ3) is 4.79. The van der Waals surface area contributed by atoms with E-state index in [0.717, 1.165) is 50.6 Å². The number of thioether (sulfide) groups is 2. The van der Waals surface area contributed by atoms with Gasteiger partial charge in [0.05, 0.1) is 22.0 Å². The lowest BCUT2D eigenvalue weighted by atomic mass is 10.1. The quantitative estimate of drug-likeness (QED) is 0.413. The van der Waals surface area contributed by atoms with Gasteiger partial charge in [-0.25, -0.2) is 4.98 Å². The maximum atomic E-state index is 13.5. The highest BCUT2D eigenvalue weighted by Gasteiger charge is 2.27. The fraction of sp³-hybridized carbons (Fsp3) is 0.320. The highest BCUT2D eigenvalue weighted by Crippen LogP contribution is 2.35. The fourth-order valence-corrected chi connectivity index (χ4v) is 5.82. The predicted molar refractivity (Wildman–Crippen MR) is 134 cm³/mol. The van der Waals surface area contributed by atoms with E-state index in [0.29, 0.717) is 10.4 Å². The Balaban J connectivity index is 1.66. The summed E-state index contributed by atoms with van der Waals surface area (Å²) in [5.41, 5.74) is 6.66. The van der Waals surface area contributed by atoms with Crippen LogP contribution in [0.5, 0.6) is 0 Å². The molecule has 1 N–H and O–H groups in total. The number of carbonyl (C=O) groups excluding carboxylic acids is 1. The number of nitrogens with one attached hydrogen (secondary N) is 1. The van der Waals surface area contributed by atoms with Gasteiger partial charge in [0.2, 0.25) is 5.91 Å². The Kier molecular flexibility index (Phi) is 6.49. The van der Waals surface area contributed by atoms with Crippen LogP contribution in [0, 0.1) is 27.7 Å². The lowest BCUT2D eigenvalue weighted by molar-refractivity contribution is -0.113. The SMILES string of the molecule is Cc1cc(C)cc(-n2c(SCC(=O)Nc3cc(C)ccc3C)nc3c(c2=O)SC(C)C3)c1. The molecule has 0 radical (unpaired) electrons. The van der Waals surface area contributed by atoms with Crippen LogP contribution in [-0.4, -0.2) is 26.5 Å². The van der Waals surface area contributed by atoms with Crippen molar-refractivity contribution < 1.29 is 4.79 Å². The van der Waals surface area contributed by atoms with Gasteiger partial charge in [-0.2, -0.15) is 0 Å². The summed E-state index contributed by atoms with van der Waals surface area (Å²) in [5.74, 6) is 0.0553. The normalized spacial score (nSPS) is 15.0. The van der Waals surface area contributed by atoms with Crippen molar-refractivity contribution in [1.82, 2.24) is 9.55 Å². The second-order valence-electron chi connectivity index (χ2n) is 8.44. The summed E-state index contributed by atoms with van der Waals surface area (Å²) in [7, 11) is 0. The van der Waals surface area contributed by atoms with E-state index in [1.165, 1.54) is 11.8 Å². The number of rotatable bonds is 5. The molecule has 1 amide bonds. The molecule has 0 spiro atoms. The van der Waals surface area contributed by atoms with E-state index in [1.807, 2.05) is 58.0 Å². The van der Waals surface area contributed by atoms with Crippen LogP contribution < -0.4 is 10.9 Å². The van der Waals surface area contributed by atoms with Crippen LogP contribution in [0.25, 0.3) is 5.69 Å². The Morgan fingerprint density at radius 2 is 1.84 bits per heavy atom. The molecule has 1 aromatic heterocycles. The highest BCUT2D eigenvalue weighted by molar-refractivity contribution is 8.00. The van der Waals surface area contributed by atoms with E-state index in [2.05, 4.69) is 18.3 Å². The van der Waals surface area contributed by atoms with E-state index < -0.39 is 0 Å². The highest BCUT2D eigenvalue weighted by atomic mass is 32.2. The largest absolute Gasteiger partial charge is 0.325 e. The lowest BCUT2D eigenvalue weighted by Crippen LogP contribution is -2.25. The Morgan fingerprint density at radius 3 is 2.56 bits per heavy atom. The number of hydrogen-bond donors (Lipinski definition) is 1. The first-order chi connectivity index (χ1) is 15.2. The molecular weight excluding hydrogens is 438 g/mol. The van der Waals surface area contributed by atoms with Gasteiger partial charge < -0.3 is 5.32 Å². The van der Waals surface area contributed by atoms with Crippen molar-refractivity contribution in [3.63, 3.8) is 0 Å². The molecule has 1 aliphatic rings. The molecule has 1 unspecified atom stereocenters. The molecule has 0 aliphatic carbocycles. The maximum Gasteiger partial charge on any atom is 0.272 e. The average molecular weight is 466 g/mol. The number of amides is 1. The van der Waals surface area contributed by atoms with Gasteiger partial charge in [-0.3, -0.25) is 14.2 Å². The number of hydrogen-bond acceptors (Lipinski definition) is 5. The molecule has 1 atom stereocenters. The van der Waals surface area contributed by atoms with Crippen LogP contribution >= 0.6 is 23.5 Å². The number of aromatic nitrogens is 2. The number of carbonyl (C=O) groups is 1. The van der Waals surface area contributed by atoms with E-state index >= 15 is 0 Å². The van der Waals surface area contributed by atoms with Crippen molar-refractivity contribution in [3.05, 3.63) is 74.7 Å². The van der Waals surface area contributed by atoms with E-state index in [4.69, 9.17) is 4.98 Å². The minimum atomic E-state index is -0.117. The Morgan fingerprint density at radius 1 is 1.12 bits per heavy atom. The topological polar surface area (TPSA) is 64.0 Å². The molecule has 1 aliphatic heterocycles. The minimum Gasteiger partial charge on any atom is -0.325 e. The molecule has 4 rings (SSSR count). The zero-order valence-corrected chi connectivity index (χ0v) is 20.6. The van der Waals surface area contributed by atoms with Crippen LogP contribution in [0.4, 0.5) is 5.69 Å². The lowest BCUT2D eigenvalue weighted by Gasteiger charge is -2.15. The Hall–Kier alpha value is -2.51. The van der Waals surface area contributed by atoms with Gasteiger partial charge in [0.1, 0.15) is 0 Å². The third-order valence-corrected chi connectivity index (χ3v) is 7.50. The smallest absolute Gasteiger partial charge is 0.272 e. The van der Waals surface area contributed by atoms with Crippen molar-refractivity contribution in [2.45, 2.75) is 56.3 Å². The second-order valence-corrected chi connectivity index (χ2v) is 10.8. The van der Waals surface area contributed by atoms with Crippen molar-refractivity contribution in [1.29, 1.82) is 0 Å². The number of fused-ring (bicyclic) bond motifs is 1. The van der Waals surface area contributed by atoms with Gasteiger partial charge in [0.15, 0.2) is 5.16 Å². The van der Waals surface area contributed by atoms with Gasteiger partial charge in [0.25, 0.3) is 5.56 Å². The summed E-state index contributed by atoms with van der Waals surface area (Å²) in [6.45, 7) is 10.1. The van der Waals surface area contributed by atoms with E-state index in [-0.39, 0.29) is 17.2 Å². The Bertz CT molecular complexity index is 1250. The second kappa shape index (κ2) is 9.16. The summed E-state index contributed by atoms with van der Waals surface area (Å²) in [6.07, 6.45) is 0.769. The van der Waals surface area contributed by atoms with Crippen LogP contribution in [-0.2, 0) is 11.2 Å². The van der Waals surface area contributed by atoms with Gasteiger partial charge in [-0.05, 0) is 68.1 Å². The predicted octanol–water partition coefficient (Wildman–Crippen LogP) is 5.23. The van der Waals surface area contributed by atoms with Crippen molar-refractivity contribution >= 4 is 35.1 Å². The van der Waals surface area contributed by atoms with Gasteiger partial charge in [-0.1, -0.05) is 36.9 Å². The molecule has 7 heteroatoms. The first kappa shape index (κ1) is 22.7. The molecule has 5 nitrogen and oxygen atoms in total. The fourth-order valence-electron chi connectivity index (χ4n) is 3.89. The number of anilines is 1. The van der Waals surface area contributed by atoms with E-state index in [9.17, 15) is 9.59 Å². The first-order valence-electron chi connectivity index (χ1n) is 10.6. The van der Waals surface area contributed by atoms with Crippen molar-refractivity contribution in [3.8, 4) is 5.69 Å². The molecule has 0 saturated heterocycles. The molecule has 32 heavy (non-hydrogen) atoms. The summed E-state index contributed by atoms with van der Waals surface area (Å²) in [6, 6.07) is 12.1. The van der Waals surface area contributed by atoms with E-state index in [1.54, 1.807) is 16.3 Å². The van der Waals surface area contributed by atoms with Gasteiger partial charge >= 0.3 is 0 Å². The van der Waals surface area contributed by atoms with Crippen molar-refractivity contribution in [2.75, 3.05) is 11.1 Å². The molecule has 0 bridgehead atoms. The zero-order chi connectivity index (χ0) is 23.0. The molecule has 0 fully saturated rings. The molecular formula is C25H27N3O2S2. The number of benzene rings is 2. The summed E-state index contributed by atoms with van der Waals surface area (Å²) in [5, 5.41) is 3.88. The van der Waals surface area contributed by atoms with Gasteiger partial charge in [0, 0.05) is 17.4 Å². The maximum absolute atomic E-state index is 13.5. The monoisotopic (exact) mass is 465 g/mol.